The Hall–Kier alpha value is -3.23. The lowest BCUT2D eigenvalue weighted by Crippen LogP contribution is -2.19. The number of nitrogens with zero attached hydrogens (tertiary/aromatic N) is 2. The largest absolute Gasteiger partial charge is 0.489 e. The van der Waals surface area contributed by atoms with Crippen LogP contribution in [0.25, 0.3) is 0 Å². The van der Waals surface area contributed by atoms with Crippen LogP contribution in [0.5, 0.6) is 17.2 Å². The van der Waals surface area contributed by atoms with E-state index in [0.29, 0.717) is 28.8 Å². The zero-order valence-corrected chi connectivity index (χ0v) is 14.9. The van der Waals surface area contributed by atoms with Crippen molar-refractivity contribution in [3.63, 3.8) is 0 Å². The van der Waals surface area contributed by atoms with Gasteiger partial charge in [-0.2, -0.15) is 18.2 Å². The van der Waals surface area contributed by atoms with Crippen LogP contribution in [-0.4, -0.2) is 22.9 Å². The van der Waals surface area contributed by atoms with E-state index in [1.165, 1.54) is 12.1 Å². The fraction of sp³-hybridized carbons (Fsp3) is 0.263. The first-order valence-electron chi connectivity index (χ1n) is 8.31. The number of hydrogen-bond acceptors (Lipinski definition) is 6. The van der Waals surface area contributed by atoms with E-state index in [4.69, 9.17) is 18.7 Å². The Balaban J connectivity index is 1.49. The highest BCUT2D eigenvalue weighted by molar-refractivity contribution is 5.32. The molecule has 0 bridgehead atoms. The predicted octanol–water partition coefficient (Wildman–Crippen LogP) is 4.48. The van der Waals surface area contributed by atoms with Crippen LogP contribution < -0.4 is 14.2 Å². The molecule has 9 heteroatoms. The molecule has 0 amide bonds. The normalized spacial score (nSPS) is 11.3. The Kier molecular flexibility index (Phi) is 6.03. The van der Waals surface area contributed by atoms with E-state index in [-0.39, 0.29) is 19.0 Å². The molecule has 0 atom stereocenters. The summed E-state index contributed by atoms with van der Waals surface area (Å²) in [6.07, 6.45) is -4.38. The molecule has 1 aromatic heterocycles. The van der Waals surface area contributed by atoms with Gasteiger partial charge in [0.05, 0.1) is 0 Å². The van der Waals surface area contributed by atoms with Crippen LogP contribution in [0.2, 0.25) is 0 Å². The number of rotatable bonds is 8. The molecule has 3 rings (SSSR count). The minimum Gasteiger partial charge on any atom is -0.489 e. The topological polar surface area (TPSA) is 66.6 Å². The van der Waals surface area contributed by atoms with Crippen LogP contribution >= 0.6 is 0 Å². The van der Waals surface area contributed by atoms with E-state index in [9.17, 15) is 13.2 Å². The molecular formula is C19H17F3N2O4. The lowest BCUT2D eigenvalue weighted by atomic mass is 10.2. The van der Waals surface area contributed by atoms with E-state index < -0.39 is 12.8 Å². The highest BCUT2D eigenvalue weighted by Gasteiger charge is 2.28. The molecule has 1 heterocycles. The van der Waals surface area contributed by atoms with Crippen molar-refractivity contribution in [1.82, 2.24) is 10.1 Å². The summed E-state index contributed by atoms with van der Waals surface area (Å²) >= 11 is 0. The average Bonchev–Trinajstić information content (AvgIpc) is 3.09. The van der Waals surface area contributed by atoms with Crippen LogP contribution in [0.1, 0.15) is 17.3 Å². The van der Waals surface area contributed by atoms with E-state index in [1.54, 1.807) is 43.3 Å². The number of benzene rings is 2. The van der Waals surface area contributed by atoms with Crippen LogP contribution in [0, 0.1) is 6.92 Å². The monoisotopic (exact) mass is 394 g/mol. The molecule has 0 fully saturated rings. The third-order valence-electron chi connectivity index (χ3n) is 3.46. The summed E-state index contributed by atoms with van der Waals surface area (Å²) in [5.74, 6) is 2.24. The fourth-order valence-corrected chi connectivity index (χ4v) is 2.23. The van der Waals surface area contributed by atoms with E-state index in [1.807, 2.05) is 0 Å². The molecule has 0 spiro atoms. The van der Waals surface area contributed by atoms with Gasteiger partial charge in [0, 0.05) is 0 Å². The molecule has 0 aliphatic rings. The molecular weight excluding hydrogens is 377 g/mol. The molecule has 0 radical (unpaired) electrons. The quantitative estimate of drug-likeness (QED) is 0.561. The van der Waals surface area contributed by atoms with Crippen molar-refractivity contribution in [2.24, 2.45) is 0 Å². The van der Waals surface area contributed by atoms with Gasteiger partial charge in [-0.05, 0) is 48.9 Å². The minimum absolute atomic E-state index is 0.137. The lowest BCUT2D eigenvalue weighted by molar-refractivity contribution is -0.153. The van der Waals surface area contributed by atoms with Crippen molar-refractivity contribution in [3.05, 3.63) is 65.8 Å². The SMILES string of the molecule is Cc1noc(COc2ccc(OCc3cccc(OCC(F)(F)F)c3)cc2)n1. The summed E-state index contributed by atoms with van der Waals surface area (Å²) in [6, 6.07) is 13.2. The smallest absolute Gasteiger partial charge is 0.422 e. The van der Waals surface area contributed by atoms with Crippen LogP contribution in [0.15, 0.2) is 53.1 Å². The van der Waals surface area contributed by atoms with Crippen molar-refractivity contribution in [2.75, 3.05) is 6.61 Å². The van der Waals surface area contributed by atoms with Crippen molar-refractivity contribution < 1.29 is 31.9 Å². The van der Waals surface area contributed by atoms with Gasteiger partial charge in [-0.15, -0.1) is 0 Å². The van der Waals surface area contributed by atoms with Crippen LogP contribution in [0.3, 0.4) is 0 Å². The number of alkyl halides is 3. The molecule has 0 saturated heterocycles. The molecule has 0 aliphatic heterocycles. The molecule has 0 N–H and O–H groups in total. The Bertz CT molecular complexity index is 895. The fourth-order valence-electron chi connectivity index (χ4n) is 2.23. The third-order valence-corrected chi connectivity index (χ3v) is 3.46. The first-order valence-corrected chi connectivity index (χ1v) is 8.31. The maximum atomic E-state index is 12.2. The predicted molar refractivity (Wildman–Crippen MR) is 92.1 cm³/mol. The number of ether oxygens (including phenoxy) is 3. The van der Waals surface area contributed by atoms with Crippen molar-refractivity contribution in [1.29, 1.82) is 0 Å². The van der Waals surface area contributed by atoms with Crippen LogP contribution in [0.4, 0.5) is 13.2 Å². The number of hydrogen-bond donors (Lipinski definition) is 0. The molecule has 6 nitrogen and oxygen atoms in total. The maximum absolute atomic E-state index is 12.2. The van der Waals surface area contributed by atoms with Crippen molar-refractivity contribution in [3.8, 4) is 17.2 Å². The minimum atomic E-state index is -4.38. The summed E-state index contributed by atoms with van der Waals surface area (Å²) in [6.45, 7) is 0.732. The second-order valence-electron chi connectivity index (χ2n) is 5.84. The lowest BCUT2D eigenvalue weighted by Gasteiger charge is -2.11. The third kappa shape index (κ3) is 6.19. The molecule has 0 unspecified atom stereocenters. The highest BCUT2D eigenvalue weighted by atomic mass is 19.4. The van der Waals surface area contributed by atoms with Gasteiger partial charge >= 0.3 is 6.18 Å². The number of aryl methyl sites for hydroxylation is 1. The zero-order valence-electron chi connectivity index (χ0n) is 14.9. The highest BCUT2D eigenvalue weighted by Crippen LogP contribution is 2.22. The van der Waals surface area contributed by atoms with E-state index in [2.05, 4.69) is 10.1 Å². The van der Waals surface area contributed by atoms with Gasteiger partial charge in [0.2, 0.25) is 0 Å². The van der Waals surface area contributed by atoms with Gasteiger partial charge in [-0.25, -0.2) is 0 Å². The summed E-state index contributed by atoms with van der Waals surface area (Å²) in [4.78, 5) is 4.04. The van der Waals surface area contributed by atoms with E-state index in [0.717, 1.165) is 0 Å². The number of aromatic nitrogens is 2. The molecule has 3 aromatic rings. The van der Waals surface area contributed by atoms with Gasteiger partial charge < -0.3 is 18.7 Å². The second kappa shape index (κ2) is 8.64. The molecule has 0 saturated carbocycles. The van der Waals surface area contributed by atoms with Crippen LogP contribution in [-0.2, 0) is 13.2 Å². The molecule has 0 aliphatic carbocycles. The molecule has 28 heavy (non-hydrogen) atoms. The standard InChI is InChI=1S/C19H17F3N2O4/c1-13-23-18(28-24-13)11-26-16-7-5-15(6-8-16)25-10-14-3-2-4-17(9-14)27-12-19(20,21)22/h2-9H,10-12H2,1H3. The van der Waals surface area contributed by atoms with Gasteiger partial charge in [0.25, 0.3) is 5.89 Å². The first-order chi connectivity index (χ1) is 13.4. The van der Waals surface area contributed by atoms with E-state index >= 15 is 0 Å². The zero-order chi connectivity index (χ0) is 20.0. The Morgan fingerprint density at radius 1 is 0.893 bits per heavy atom. The van der Waals surface area contributed by atoms with Gasteiger partial charge in [0.15, 0.2) is 19.0 Å². The summed E-state index contributed by atoms with van der Waals surface area (Å²) in [5.41, 5.74) is 0.687. The molecule has 2 aromatic carbocycles. The average molecular weight is 394 g/mol. The van der Waals surface area contributed by atoms with Gasteiger partial charge in [-0.3, -0.25) is 0 Å². The second-order valence-corrected chi connectivity index (χ2v) is 5.84. The van der Waals surface area contributed by atoms with Gasteiger partial charge in [0.1, 0.15) is 23.9 Å². The van der Waals surface area contributed by atoms with Gasteiger partial charge in [-0.1, -0.05) is 17.3 Å². The maximum Gasteiger partial charge on any atom is 0.422 e. The Labute approximate surface area is 158 Å². The Morgan fingerprint density at radius 3 is 2.18 bits per heavy atom. The first kappa shape index (κ1) is 19.5. The summed E-state index contributed by atoms with van der Waals surface area (Å²) in [5, 5.41) is 3.68. The summed E-state index contributed by atoms with van der Waals surface area (Å²) in [7, 11) is 0. The summed E-state index contributed by atoms with van der Waals surface area (Å²) < 4.78 is 57.5. The van der Waals surface area contributed by atoms with Crippen molar-refractivity contribution in [2.45, 2.75) is 26.3 Å². The number of halogens is 3. The van der Waals surface area contributed by atoms with Crippen molar-refractivity contribution >= 4 is 0 Å². The molecule has 148 valence electrons. The Morgan fingerprint density at radius 2 is 1.57 bits per heavy atom.